The number of nitrogens with two attached hydrogens (primary N) is 4. The zero-order valence-electron chi connectivity index (χ0n) is 74.6. The Morgan fingerprint density at radius 2 is 0.953 bits per heavy atom. The summed E-state index contributed by atoms with van der Waals surface area (Å²) in [5.74, 6) is -20.3. The minimum absolute atomic E-state index is 0.00860. The Morgan fingerprint density at radius 3 is 1.47 bits per heavy atom. The second kappa shape index (κ2) is 54.6. The van der Waals surface area contributed by atoms with Gasteiger partial charge in [-0.15, -0.1) is 0 Å². The van der Waals surface area contributed by atoms with Crippen molar-refractivity contribution in [3.05, 3.63) is 83.9 Å². The maximum Gasteiger partial charge on any atom is 0.326 e. The van der Waals surface area contributed by atoms with Crippen LogP contribution in [0.5, 0.6) is 5.75 Å². The standard InChI is InChI=1S/C84H130N22O22S/c1-42(2)33-52(85)70(114)105-68(47(10)107)81(125)102-61(39-66(111)112)77(121)99-57(34-43(3)4)74(118)97-56(26-28-65(87)110)82(126)106-31-16-20-63(106)79(123)101-58(37-49-21-23-51(108)24-22-49)75(119)96-55(29-32-129-11)73(117)94-53(19-15-30-91-84(88)89)71(115)95-54(25-27-64(86)109)72(116)100-59(36-48-17-13-12-14-18-48)78(122)104-67(45(7)8)80(124)93-46(9)69(113)98-60(38-50-40-90-41-92-50)76(120)103-62(83(127)128)35-44(5)6/h12-14,17-18,21-24,40-47,52-63,67-68,107-108H,15-16,19-20,25-39,85H2,1-11H3,(H2,86,109)(H2,87,110)(H,90,92)(H,93,124)(H,94,117)(H,95,115)(H,96,119)(H,97,118)(H,98,113)(H,99,121)(H,100,116)(H,101,123)(H,102,125)(H,103,120)(H,104,122)(H,105,114)(H,111,112)(H,127,128)(H4,88,89,91)/t46-,47+,52-,53-,54-,55-,56-,57-,58-,59-,60-,61-,62-,63-,67-,68-/m0/s1. The summed E-state index contributed by atoms with van der Waals surface area (Å²) in [4.78, 5) is 259. The van der Waals surface area contributed by atoms with Gasteiger partial charge < -0.3 is 128 Å². The number of carbonyl (C=O) groups is 18. The molecule has 3 aromatic rings. The number of hydrogen-bond acceptors (Lipinski definition) is 24. The molecule has 1 saturated heterocycles. The van der Waals surface area contributed by atoms with Gasteiger partial charge in [-0.2, -0.15) is 11.8 Å². The molecule has 44 nitrogen and oxygen atoms in total. The van der Waals surface area contributed by atoms with Crippen molar-refractivity contribution in [3.63, 3.8) is 0 Å². The lowest BCUT2D eigenvalue weighted by molar-refractivity contribution is -0.143. The molecule has 0 aliphatic carbocycles. The number of benzene rings is 2. The molecule has 1 fully saturated rings. The molecule has 0 bridgehead atoms. The first-order chi connectivity index (χ1) is 60.7. The number of hydrogen-bond donors (Lipinski definition) is 24. The third-order valence-electron chi connectivity index (χ3n) is 20.6. The molecule has 0 saturated carbocycles. The highest BCUT2D eigenvalue weighted by atomic mass is 32.2. The first kappa shape index (κ1) is 109. The number of nitrogens with zero attached hydrogens (tertiary/aromatic N) is 2. The van der Waals surface area contributed by atoms with Crippen LogP contribution in [0.1, 0.15) is 170 Å². The number of carbonyl (C=O) groups excluding carboxylic acids is 16. The number of phenols is 1. The van der Waals surface area contributed by atoms with Crippen LogP contribution in [0.25, 0.3) is 0 Å². The number of amides is 16. The second-order valence-electron chi connectivity index (χ2n) is 33.5. The number of phenolic OH excluding ortho intramolecular Hbond substituents is 1. The summed E-state index contributed by atoms with van der Waals surface area (Å²) in [6, 6.07) is -9.27. The maximum absolute atomic E-state index is 15.1. The van der Waals surface area contributed by atoms with E-state index in [4.69, 9.17) is 28.3 Å². The van der Waals surface area contributed by atoms with Crippen molar-refractivity contribution in [3.8, 4) is 5.75 Å². The monoisotopic (exact) mass is 1830 g/mol. The number of H-pyrrole nitrogens is 1. The SMILES string of the molecule is CSCC[C@H](NC(=O)[C@H](Cc1ccc(O)cc1)NC(=O)[C@@H]1CCCN1C(=O)[C@H](CCC(N)=O)NC(=O)[C@H](CC(C)C)NC(=O)[C@H](CC(=O)O)NC(=O)[C@@H](NC(=O)[C@@H](N)CC(C)C)[C@@H](C)O)C(=O)N[C@@H](CCCNC(=N)N)C(=O)N[C@@H](CCC(N)=O)C(=O)N[C@@H](Cc1ccccc1)C(=O)N[C@H](C(=O)N[C@@H](C)C(=O)N[C@@H](Cc1cnc[nH]1)C(=O)N[C@@H](CC(C)C)C(=O)O)C(C)C. The molecule has 2 aromatic carbocycles. The number of aromatic amines is 1. The lowest BCUT2D eigenvalue weighted by Crippen LogP contribution is -2.61. The van der Waals surface area contributed by atoms with E-state index in [1.807, 2.05) is 0 Å². The molecule has 28 N–H and O–H groups in total. The number of aliphatic carboxylic acids is 2. The van der Waals surface area contributed by atoms with Gasteiger partial charge in [0.25, 0.3) is 0 Å². The average molecular weight is 1830 g/mol. The molecule has 714 valence electrons. The van der Waals surface area contributed by atoms with Crippen molar-refractivity contribution < 1.29 is 107 Å². The van der Waals surface area contributed by atoms with Crippen LogP contribution in [0.2, 0.25) is 0 Å². The van der Waals surface area contributed by atoms with Gasteiger partial charge in [0, 0.05) is 57.1 Å². The van der Waals surface area contributed by atoms with E-state index in [1.165, 1.54) is 55.5 Å². The predicted molar refractivity (Wildman–Crippen MR) is 472 cm³/mol. The molecular formula is C84H130N22O22S. The molecule has 0 radical (unpaired) electrons. The van der Waals surface area contributed by atoms with Crippen molar-refractivity contribution in [2.45, 2.75) is 269 Å². The fourth-order valence-corrected chi connectivity index (χ4v) is 14.3. The van der Waals surface area contributed by atoms with E-state index in [9.17, 15) is 102 Å². The van der Waals surface area contributed by atoms with Crippen LogP contribution in [-0.4, -0.2) is 270 Å². The second-order valence-corrected chi connectivity index (χ2v) is 34.5. The van der Waals surface area contributed by atoms with Crippen LogP contribution in [-0.2, 0) is 106 Å². The Kier molecular flexibility index (Phi) is 46.0. The number of thioether (sulfide) groups is 1. The van der Waals surface area contributed by atoms with Gasteiger partial charge in [0.1, 0.15) is 90.3 Å². The fraction of sp³-hybridized carbons (Fsp3) is 0.595. The van der Waals surface area contributed by atoms with Crippen molar-refractivity contribution in [2.75, 3.05) is 25.1 Å². The van der Waals surface area contributed by atoms with Gasteiger partial charge in [-0.05, 0) is 137 Å². The molecule has 16 amide bonds. The summed E-state index contributed by atoms with van der Waals surface area (Å²) in [7, 11) is 0. The first-order valence-corrected chi connectivity index (χ1v) is 44.1. The lowest BCUT2D eigenvalue weighted by Gasteiger charge is -2.31. The molecule has 4 rings (SSSR count). The van der Waals surface area contributed by atoms with E-state index in [2.05, 4.69) is 84.4 Å². The number of rotatable bonds is 57. The number of imidazole rings is 1. The molecule has 1 aliphatic heterocycles. The number of aliphatic hydroxyl groups excluding tert-OH is 1. The number of aromatic hydroxyl groups is 1. The largest absolute Gasteiger partial charge is 0.508 e. The summed E-state index contributed by atoms with van der Waals surface area (Å²) in [6.07, 6.45) is -1.23. The fourth-order valence-electron chi connectivity index (χ4n) is 13.8. The topological polar surface area (TPSA) is 716 Å². The van der Waals surface area contributed by atoms with Crippen molar-refractivity contribution in [2.24, 2.45) is 46.6 Å². The van der Waals surface area contributed by atoms with Gasteiger partial charge in [-0.1, -0.05) is 97.9 Å². The zero-order chi connectivity index (χ0) is 96.6. The van der Waals surface area contributed by atoms with Crippen molar-refractivity contribution in [1.82, 2.24) is 89.3 Å². The predicted octanol–water partition coefficient (Wildman–Crippen LogP) is -3.93. The number of carboxylic acids is 2. The molecule has 16 atom stereocenters. The van der Waals surface area contributed by atoms with E-state index in [0.717, 1.165) is 11.8 Å². The van der Waals surface area contributed by atoms with Gasteiger partial charge in [-0.3, -0.25) is 86.9 Å². The minimum atomic E-state index is -1.94. The normalized spacial score (nSPS) is 15.9. The lowest BCUT2D eigenvalue weighted by atomic mass is 10.00. The Bertz CT molecular complexity index is 4310. The number of guanidine groups is 1. The van der Waals surface area contributed by atoms with Crippen LogP contribution in [0, 0.1) is 29.1 Å². The molecule has 1 aromatic heterocycles. The van der Waals surface area contributed by atoms with E-state index in [1.54, 1.807) is 92.0 Å². The van der Waals surface area contributed by atoms with Gasteiger partial charge in [0.2, 0.25) is 94.5 Å². The Labute approximate surface area is 752 Å². The zero-order valence-corrected chi connectivity index (χ0v) is 75.4. The van der Waals surface area contributed by atoms with Crippen LogP contribution in [0.15, 0.2) is 67.1 Å². The van der Waals surface area contributed by atoms with E-state index in [0.29, 0.717) is 16.8 Å². The van der Waals surface area contributed by atoms with Gasteiger partial charge in [0.05, 0.1) is 24.9 Å². The maximum atomic E-state index is 15.1. The molecule has 0 unspecified atom stereocenters. The van der Waals surface area contributed by atoms with Gasteiger partial charge in [0.15, 0.2) is 5.96 Å². The number of aromatic nitrogens is 2. The molecule has 0 spiro atoms. The summed E-state index contributed by atoms with van der Waals surface area (Å²) in [5, 5.41) is 83.9. The summed E-state index contributed by atoms with van der Waals surface area (Å²) in [5.41, 5.74) is 24.0. The third-order valence-corrected chi connectivity index (χ3v) is 21.3. The Hall–Kier alpha value is -12.6. The van der Waals surface area contributed by atoms with Crippen LogP contribution < -0.4 is 97.4 Å². The van der Waals surface area contributed by atoms with E-state index in [-0.39, 0.29) is 107 Å². The minimum Gasteiger partial charge on any atom is -0.508 e. The van der Waals surface area contributed by atoms with Gasteiger partial charge >= 0.3 is 11.9 Å². The average Bonchev–Trinajstić information content (AvgIpc) is 1.70. The van der Waals surface area contributed by atoms with Gasteiger partial charge in [-0.25, -0.2) is 9.78 Å². The summed E-state index contributed by atoms with van der Waals surface area (Å²) in [6.45, 7) is 15.9. The molecular weight excluding hydrogens is 1700 g/mol. The van der Waals surface area contributed by atoms with Crippen LogP contribution in [0.4, 0.5) is 0 Å². The van der Waals surface area contributed by atoms with Crippen LogP contribution in [0.3, 0.4) is 0 Å². The molecule has 1 aliphatic rings. The smallest absolute Gasteiger partial charge is 0.326 e. The quantitative estimate of drug-likeness (QED) is 0.0146. The Balaban J connectivity index is 1.66. The van der Waals surface area contributed by atoms with Crippen molar-refractivity contribution in [1.29, 1.82) is 5.41 Å². The highest BCUT2D eigenvalue weighted by molar-refractivity contribution is 7.98. The van der Waals surface area contributed by atoms with E-state index >= 15 is 4.79 Å². The molecule has 45 heteroatoms. The number of primary amides is 2. The van der Waals surface area contributed by atoms with Crippen molar-refractivity contribution >= 4 is 124 Å². The highest BCUT2D eigenvalue weighted by Crippen LogP contribution is 2.23. The Morgan fingerprint density at radius 1 is 0.504 bits per heavy atom. The van der Waals surface area contributed by atoms with E-state index < -0.39 is 253 Å². The summed E-state index contributed by atoms with van der Waals surface area (Å²) >= 11 is 1.25. The number of nitrogens with one attached hydrogen (secondary N) is 16. The number of aliphatic hydroxyl groups is 1. The summed E-state index contributed by atoms with van der Waals surface area (Å²) < 4.78 is 0. The van der Waals surface area contributed by atoms with Crippen LogP contribution >= 0.6 is 11.8 Å². The molecule has 2 heterocycles. The third kappa shape index (κ3) is 38.9. The highest BCUT2D eigenvalue weighted by Gasteiger charge is 2.43. The first-order valence-electron chi connectivity index (χ1n) is 42.7. The number of likely N-dealkylation sites (tertiary alicyclic amines) is 1. The molecule has 129 heavy (non-hydrogen) atoms. The number of carboxylic acid groups (broad SMARTS) is 2.